The van der Waals surface area contributed by atoms with Gasteiger partial charge in [-0.2, -0.15) is 0 Å². The van der Waals surface area contributed by atoms with Crippen LogP contribution >= 0.6 is 11.8 Å². The van der Waals surface area contributed by atoms with Gasteiger partial charge in [0.05, 0.1) is 11.3 Å². The number of hydrogen-bond donors (Lipinski definition) is 1. The van der Waals surface area contributed by atoms with E-state index in [1.807, 2.05) is 32.8 Å². The minimum atomic E-state index is -0.243. The summed E-state index contributed by atoms with van der Waals surface area (Å²) in [7, 11) is 3.95. The van der Waals surface area contributed by atoms with Gasteiger partial charge in [-0.3, -0.25) is 9.69 Å². The van der Waals surface area contributed by atoms with Gasteiger partial charge in [-0.25, -0.2) is 0 Å². The molecule has 1 aromatic heterocycles. The van der Waals surface area contributed by atoms with E-state index >= 15 is 0 Å². The first-order chi connectivity index (χ1) is 8.99. The van der Waals surface area contributed by atoms with Gasteiger partial charge in [0.2, 0.25) is 11.8 Å². The van der Waals surface area contributed by atoms with Gasteiger partial charge in [-0.15, -0.1) is 10.2 Å². The smallest absolute Gasteiger partial charge is 0.277 e. The third kappa shape index (κ3) is 4.50. The Bertz CT molecular complexity index is 408. The third-order valence-corrected chi connectivity index (χ3v) is 3.65. The minimum absolute atomic E-state index is 0.0214. The van der Waals surface area contributed by atoms with E-state index in [2.05, 4.69) is 22.4 Å². The highest BCUT2D eigenvalue weighted by atomic mass is 32.2. The molecule has 0 spiro atoms. The Hall–Kier alpha value is -1.08. The maximum atomic E-state index is 11.6. The van der Waals surface area contributed by atoms with E-state index in [0.29, 0.717) is 17.7 Å². The first-order valence-corrected chi connectivity index (χ1v) is 7.31. The Labute approximate surface area is 118 Å². The zero-order valence-electron chi connectivity index (χ0n) is 12.1. The van der Waals surface area contributed by atoms with Crippen LogP contribution in [0.5, 0.6) is 0 Å². The number of thioether (sulfide) groups is 1. The molecule has 1 heterocycles. The quantitative estimate of drug-likeness (QED) is 0.769. The topological polar surface area (TPSA) is 71.3 Å². The van der Waals surface area contributed by atoms with Crippen LogP contribution in [-0.2, 0) is 4.79 Å². The van der Waals surface area contributed by atoms with E-state index in [1.54, 1.807) is 0 Å². The van der Waals surface area contributed by atoms with Crippen molar-refractivity contribution in [2.75, 3.05) is 20.6 Å². The van der Waals surface area contributed by atoms with Crippen LogP contribution in [0, 0.1) is 0 Å². The van der Waals surface area contributed by atoms with E-state index in [9.17, 15) is 4.79 Å². The lowest BCUT2D eigenvalue weighted by Crippen LogP contribution is -2.30. The Kier molecular flexibility index (Phi) is 6.30. The van der Waals surface area contributed by atoms with Crippen molar-refractivity contribution in [1.29, 1.82) is 0 Å². The molecule has 1 rings (SSSR count). The normalized spacial score (nSPS) is 14.4. The lowest BCUT2D eigenvalue weighted by molar-refractivity contribution is -0.120. The van der Waals surface area contributed by atoms with Crippen LogP contribution < -0.4 is 5.32 Å². The molecule has 0 saturated heterocycles. The largest absolute Gasteiger partial charge is 0.414 e. The first kappa shape index (κ1) is 16.0. The number of carbonyl (C=O) groups is 1. The fourth-order valence-electron chi connectivity index (χ4n) is 1.69. The fourth-order valence-corrected chi connectivity index (χ4v) is 2.40. The Morgan fingerprint density at radius 1 is 1.42 bits per heavy atom. The van der Waals surface area contributed by atoms with E-state index < -0.39 is 0 Å². The monoisotopic (exact) mass is 286 g/mol. The molecule has 6 nitrogen and oxygen atoms in total. The van der Waals surface area contributed by atoms with Gasteiger partial charge in [0, 0.05) is 6.54 Å². The lowest BCUT2D eigenvalue weighted by Gasteiger charge is -2.18. The van der Waals surface area contributed by atoms with Gasteiger partial charge in [0.1, 0.15) is 0 Å². The van der Waals surface area contributed by atoms with Crippen LogP contribution in [0.3, 0.4) is 0 Å². The van der Waals surface area contributed by atoms with Gasteiger partial charge in [-0.1, -0.05) is 18.7 Å². The molecule has 0 aliphatic rings. The maximum absolute atomic E-state index is 11.6. The summed E-state index contributed by atoms with van der Waals surface area (Å²) >= 11 is 1.28. The summed E-state index contributed by atoms with van der Waals surface area (Å²) < 4.78 is 5.62. The maximum Gasteiger partial charge on any atom is 0.277 e. The highest BCUT2D eigenvalue weighted by molar-refractivity contribution is 8.00. The van der Waals surface area contributed by atoms with Crippen molar-refractivity contribution in [2.45, 2.75) is 43.7 Å². The Morgan fingerprint density at radius 3 is 2.63 bits per heavy atom. The summed E-state index contributed by atoms with van der Waals surface area (Å²) in [4.78, 5) is 13.7. The summed E-state index contributed by atoms with van der Waals surface area (Å²) in [5, 5.41) is 11.0. The molecule has 19 heavy (non-hydrogen) atoms. The fraction of sp³-hybridized carbons (Fsp3) is 0.750. The second-order valence-electron chi connectivity index (χ2n) is 4.45. The number of rotatable bonds is 7. The lowest BCUT2D eigenvalue weighted by atomic mass is 10.2. The standard InChI is InChI=1S/C12H22N4O2S/c1-6-9(16(4)5)11-14-15-12(18-11)19-8(3)10(17)13-7-2/h8-9H,6-7H2,1-5H3,(H,13,17)/t8-,9-/m1/s1. The Balaban J connectivity index is 2.67. The van der Waals surface area contributed by atoms with Crippen LogP contribution in [0.25, 0.3) is 0 Å². The van der Waals surface area contributed by atoms with Crippen LogP contribution in [0.15, 0.2) is 9.64 Å². The SMILES string of the molecule is CCNC(=O)[C@@H](C)Sc1nnc([C@@H](CC)N(C)C)o1. The van der Waals surface area contributed by atoms with Gasteiger partial charge < -0.3 is 9.73 Å². The molecule has 1 N–H and O–H groups in total. The van der Waals surface area contributed by atoms with E-state index in [4.69, 9.17) is 4.42 Å². The summed E-state index contributed by atoms with van der Waals surface area (Å²) in [6, 6.07) is 0.113. The molecule has 0 saturated carbocycles. The minimum Gasteiger partial charge on any atom is -0.414 e. The zero-order chi connectivity index (χ0) is 14.4. The van der Waals surface area contributed by atoms with Gasteiger partial charge >= 0.3 is 0 Å². The van der Waals surface area contributed by atoms with E-state index in [1.165, 1.54) is 11.8 Å². The van der Waals surface area contributed by atoms with Gasteiger partial charge in [-0.05, 0) is 34.4 Å². The number of nitrogens with zero attached hydrogens (tertiary/aromatic N) is 3. The first-order valence-electron chi connectivity index (χ1n) is 6.43. The molecule has 108 valence electrons. The molecule has 0 bridgehead atoms. The average Bonchev–Trinajstić information content (AvgIpc) is 2.78. The van der Waals surface area contributed by atoms with Crippen LogP contribution in [0.4, 0.5) is 0 Å². The highest BCUT2D eigenvalue weighted by Gasteiger charge is 2.21. The molecule has 7 heteroatoms. The Morgan fingerprint density at radius 2 is 2.11 bits per heavy atom. The predicted molar refractivity (Wildman–Crippen MR) is 75.0 cm³/mol. The molecule has 0 aliphatic heterocycles. The van der Waals surface area contributed by atoms with Crippen molar-refractivity contribution < 1.29 is 9.21 Å². The van der Waals surface area contributed by atoms with Crippen molar-refractivity contribution in [1.82, 2.24) is 20.4 Å². The molecule has 2 atom stereocenters. The van der Waals surface area contributed by atoms with Crippen molar-refractivity contribution in [3.05, 3.63) is 5.89 Å². The van der Waals surface area contributed by atoms with Gasteiger partial charge in [0.25, 0.3) is 5.22 Å². The number of aromatic nitrogens is 2. The van der Waals surface area contributed by atoms with E-state index in [-0.39, 0.29) is 17.2 Å². The predicted octanol–water partition coefficient (Wildman–Crippen LogP) is 1.70. The van der Waals surface area contributed by atoms with Crippen molar-refractivity contribution >= 4 is 17.7 Å². The highest BCUT2D eigenvalue weighted by Crippen LogP contribution is 2.26. The summed E-state index contributed by atoms with van der Waals surface area (Å²) in [6.07, 6.45) is 0.894. The van der Waals surface area contributed by atoms with E-state index in [0.717, 1.165) is 6.42 Å². The summed E-state index contributed by atoms with van der Waals surface area (Å²) in [6.45, 7) is 6.40. The van der Waals surface area contributed by atoms with Crippen molar-refractivity contribution in [3.8, 4) is 0 Å². The van der Waals surface area contributed by atoms with Crippen molar-refractivity contribution in [2.24, 2.45) is 0 Å². The average molecular weight is 286 g/mol. The number of hydrogen-bond acceptors (Lipinski definition) is 6. The third-order valence-electron chi connectivity index (χ3n) is 2.72. The number of amides is 1. The summed E-state index contributed by atoms with van der Waals surface area (Å²) in [5.41, 5.74) is 0. The van der Waals surface area contributed by atoms with Crippen LogP contribution in [0.1, 0.15) is 39.1 Å². The van der Waals surface area contributed by atoms with Crippen molar-refractivity contribution in [3.63, 3.8) is 0 Å². The number of nitrogens with one attached hydrogen (secondary N) is 1. The summed E-state index contributed by atoms with van der Waals surface area (Å²) in [5.74, 6) is 0.574. The number of carbonyl (C=O) groups excluding carboxylic acids is 1. The zero-order valence-corrected chi connectivity index (χ0v) is 13.0. The second-order valence-corrected chi connectivity index (χ2v) is 5.74. The molecular weight excluding hydrogens is 264 g/mol. The second kappa shape index (κ2) is 7.49. The van der Waals surface area contributed by atoms with Crippen LogP contribution in [-0.4, -0.2) is 46.9 Å². The molecule has 0 fully saturated rings. The molecular formula is C12H22N4O2S. The van der Waals surface area contributed by atoms with Gasteiger partial charge in [0.15, 0.2) is 0 Å². The molecule has 0 radical (unpaired) electrons. The molecule has 0 aliphatic carbocycles. The molecule has 1 amide bonds. The molecule has 0 aromatic carbocycles. The molecule has 0 unspecified atom stereocenters. The van der Waals surface area contributed by atoms with Crippen LogP contribution in [0.2, 0.25) is 0 Å². The molecule has 1 aromatic rings.